The Kier molecular flexibility index (Phi) is 5.95. The van der Waals surface area contributed by atoms with Crippen molar-refractivity contribution in [3.8, 4) is 22.3 Å². The van der Waals surface area contributed by atoms with Gasteiger partial charge in [-0.15, -0.1) is 0 Å². The van der Waals surface area contributed by atoms with Gasteiger partial charge in [0.15, 0.2) is 0 Å². The molecule has 0 amide bonds. The Labute approximate surface area is 285 Å². The molecule has 0 unspecified atom stereocenters. The first-order valence-electron chi connectivity index (χ1n) is 17.0. The normalized spacial score (nSPS) is 13.3. The van der Waals surface area contributed by atoms with Crippen LogP contribution in [0.4, 0.5) is 17.1 Å². The molecule has 0 fully saturated rings. The highest BCUT2D eigenvalue weighted by Gasteiger charge is 2.36. The number of hydrogen-bond donors (Lipinski definition) is 0. The van der Waals surface area contributed by atoms with E-state index in [1.807, 2.05) is 6.07 Å². The van der Waals surface area contributed by atoms with Gasteiger partial charge in [0.05, 0.1) is 5.69 Å². The Bertz CT molecular complexity index is 2770. The Morgan fingerprint density at radius 1 is 0.449 bits per heavy atom. The zero-order chi connectivity index (χ0) is 32.7. The van der Waals surface area contributed by atoms with Crippen molar-refractivity contribution < 1.29 is 4.42 Å². The molecule has 49 heavy (non-hydrogen) atoms. The lowest BCUT2D eigenvalue weighted by Gasteiger charge is -2.29. The van der Waals surface area contributed by atoms with Gasteiger partial charge >= 0.3 is 0 Å². The van der Waals surface area contributed by atoms with Gasteiger partial charge in [-0.3, -0.25) is 0 Å². The molecule has 2 nitrogen and oxygen atoms in total. The molecule has 2 heteroatoms. The maximum absolute atomic E-state index is 6.53. The van der Waals surface area contributed by atoms with Crippen LogP contribution in [0.1, 0.15) is 25.0 Å². The second-order valence-electron chi connectivity index (χ2n) is 13.8. The summed E-state index contributed by atoms with van der Waals surface area (Å²) in [6.45, 7) is 4.70. The van der Waals surface area contributed by atoms with Crippen LogP contribution in [0, 0.1) is 0 Å². The molecular formula is C47H33NO. The molecule has 1 aromatic heterocycles. The van der Waals surface area contributed by atoms with Crippen LogP contribution >= 0.6 is 0 Å². The number of nitrogens with zero attached hydrogens (tertiary/aromatic N) is 1. The van der Waals surface area contributed by atoms with E-state index < -0.39 is 0 Å². The standard InChI is InChI=1S/C47H33NO/c1-47(2)42-20-9-7-16-36(42)37-25-24-35(28-43(37)47)48(34-15-11-14-32(27-34)33-23-22-30-12-3-4-13-31(30)26-33)44-29-41-39-18-8-10-21-45(39)49-46(41)40-19-6-5-17-38(40)44/h3-29H,1-2H3. The van der Waals surface area contributed by atoms with Gasteiger partial charge in [-0.2, -0.15) is 0 Å². The highest BCUT2D eigenvalue weighted by molar-refractivity contribution is 6.19. The van der Waals surface area contributed by atoms with E-state index in [0.29, 0.717) is 0 Å². The second-order valence-corrected chi connectivity index (χ2v) is 13.8. The molecule has 0 atom stereocenters. The molecule has 1 aliphatic rings. The van der Waals surface area contributed by atoms with Crippen LogP contribution < -0.4 is 4.90 Å². The van der Waals surface area contributed by atoms with Gasteiger partial charge in [0.25, 0.3) is 0 Å². The Balaban J connectivity index is 1.25. The summed E-state index contributed by atoms with van der Waals surface area (Å²) in [5, 5.41) is 6.99. The molecule has 0 radical (unpaired) electrons. The first-order chi connectivity index (χ1) is 24.0. The molecule has 1 heterocycles. The fraction of sp³-hybridized carbons (Fsp3) is 0.0638. The fourth-order valence-corrected chi connectivity index (χ4v) is 8.16. The SMILES string of the molecule is CC1(C)c2ccccc2-c2ccc(N(c3cccc(-c4ccc5ccccc5c4)c3)c3cc4c5ccccc5oc4c4ccccc34)cc21. The Morgan fingerprint density at radius 3 is 2.04 bits per heavy atom. The number of hydrogen-bond acceptors (Lipinski definition) is 2. The lowest BCUT2D eigenvalue weighted by Crippen LogP contribution is -2.16. The van der Waals surface area contributed by atoms with E-state index >= 15 is 0 Å². The summed E-state index contributed by atoms with van der Waals surface area (Å²) < 4.78 is 6.53. The topological polar surface area (TPSA) is 16.4 Å². The molecule has 8 aromatic carbocycles. The minimum Gasteiger partial charge on any atom is -0.455 e. The molecule has 0 saturated carbocycles. The summed E-state index contributed by atoms with van der Waals surface area (Å²) in [6.07, 6.45) is 0. The van der Waals surface area contributed by atoms with E-state index in [-0.39, 0.29) is 5.41 Å². The molecule has 0 bridgehead atoms. The van der Waals surface area contributed by atoms with Crippen LogP contribution in [-0.4, -0.2) is 0 Å². The monoisotopic (exact) mass is 627 g/mol. The highest BCUT2D eigenvalue weighted by atomic mass is 16.3. The van der Waals surface area contributed by atoms with E-state index in [1.165, 1.54) is 44.2 Å². The number of furan rings is 1. The minimum atomic E-state index is -0.118. The van der Waals surface area contributed by atoms with Crippen LogP contribution in [0.25, 0.3) is 65.7 Å². The van der Waals surface area contributed by atoms with E-state index in [1.54, 1.807) is 0 Å². The number of para-hydroxylation sites is 1. The summed E-state index contributed by atoms with van der Waals surface area (Å²) in [4.78, 5) is 2.45. The van der Waals surface area contributed by atoms with Gasteiger partial charge in [-0.1, -0.05) is 135 Å². The molecule has 232 valence electrons. The van der Waals surface area contributed by atoms with Crippen molar-refractivity contribution in [2.45, 2.75) is 19.3 Å². The second kappa shape index (κ2) is 10.4. The summed E-state index contributed by atoms with van der Waals surface area (Å²) >= 11 is 0. The van der Waals surface area contributed by atoms with Crippen LogP contribution in [-0.2, 0) is 5.41 Å². The summed E-state index contributed by atoms with van der Waals surface area (Å²) in [6, 6.07) is 59.6. The number of anilines is 3. The average molecular weight is 628 g/mol. The van der Waals surface area contributed by atoms with Crippen molar-refractivity contribution >= 4 is 60.5 Å². The molecule has 0 saturated heterocycles. The Morgan fingerprint density at radius 2 is 1.14 bits per heavy atom. The van der Waals surface area contributed by atoms with Crippen molar-refractivity contribution in [3.63, 3.8) is 0 Å². The lowest BCUT2D eigenvalue weighted by molar-refractivity contribution is 0.660. The molecule has 0 aliphatic heterocycles. The fourth-order valence-electron chi connectivity index (χ4n) is 8.16. The number of rotatable bonds is 4. The van der Waals surface area contributed by atoms with Crippen LogP contribution in [0.15, 0.2) is 168 Å². The maximum Gasteiger partial charge on any atom is 0.143 e. The summed E-state index contributed by atoms with van der Waals surface area (Å²) in [5.41, 5.74) is 12.8. The van der Waals surface area contributed by atoms with Crippen molar-refractivity contribution in [1.29, 1.82) is 0 Å². The maximum atomic E-state index is 6.53. The van der Waals surface area contributed by atoms with Crippen molar-refractivity contribution in [1.82, 2.24) is 0 Å². The predicted octanol–water partition coefficient (Wildman–Crippen LogP) is 13.3. The summed E-state index contributed by atoms with van der Waals surface area (Å²) in [5.74, 6) is 0. The quantitative estimate of drug-likeness (QED) is 0.193. The van der Waals surface area contributed by atoms with Gasteiger partial charge < -0.3 is 9.32 Å². The van der Waals surface area contributed by atoms with Gasteiger partial charge in [-0.25, -0.2) is 0 Å². The van der Waals surface area contributed by atoms with E-state index in [0.717, 1.165) is 49.8 Å². The predicted molar refractivity (Wildman–Crippen MR) is 206 cm³/mol. The van der Waals surface area contributed by atoms with Gasteiger partial charge in [0.2, 0.25) is 0 Å². The lowest BCUT2D eigenvalue weighted by atomic mass is 9.82. The molecule has 9 aromatic rings. The number of benzene rings is 8. The van der Waals surface area contributed by atoms with Gasteiger partial charge in [0, 0.05) is 38.3 Å². The third kappa shape index (κ3) is 4.20. The zero-order valence-corrected chi connectivity index (χ0v) is 27.4. The van der Waals surface area contributed by atoms with Gasteiger partial charge in [0.1, 0.15) is 11.2 Å². The molecule has 0 spiro atoms. The number of fused-ring (bicyclic) bond motifs is 9. The Hall–Kier alpha value is -6.12. The van der Waals surface area contributed by atoms with Crippen molar-refractivity contribution in [2.24, 2.45) is 0 Å². The first-order valence-corrected chi connectivity index (χ1v) is 17.0. The zero-order valence-electron chi connectivity index (χ0n) is 27.4. The minimum absolute atomic E-state index is 0.118. The molecule has 10 rings (SSSR count). The van der Waals surface area contributed by atoms with E-state index in [9.17, 15) is 0 Å². The van der Waals surface area contributed by atoms with Crippen LogP contribution in [0.5, 0.6) is 0 Å². The molecular weight excluding hydrogens is 595 g/mol. The van der Waals surface area contributed by atoms with E-state index in [2.05, 4.69) is 176 Å². The third-order valence-electron chi connectivity index (χ3n) is 10.6. The third-order valence-corrected chi connectivity index (χ3v) is 10.6. The van der Waals surface area contributed by atoms with Gasteiger partial charge in [-0.05, 0) is 86.6 Å². The van der Waals surface area contributed by atoms with Crippen LogP contribution in [0.3, 0.4) is 0 Å². The largest absolute Gasteiger partial charge is 0.455 e. The smallest absolute Gasteiger partial charge is 0.143 e. The average Bonchev–Trinajstić information content (AvgIpc) is 3.64. The molecule has 0 N–H and O–H groups in total. The highest BCUT2D eigenvalue weighted by Crippen LogP contribution is 2.52. The first kappa shape index (κ1) is 27.9. The van der Waals surface area contributed by atoms with Crippen LogP contribution in [0.2, 0.25) is 0 Å². The van der Waals surface area contributed by atoms with Crippen molar-refractivity contribution in [2.75, 3.05) is 4.90 Å². The van der Waals surface area contributed by atoms with E-state index in [4.69, 9.17) is 4.42 Å². The summed E-state index contributed by atoms with van der Waals surface area (Å²) in [7, 11) is 0. The molecule has 1 aliphatic carbocycles. The van der Waals surface area contributed by atoms with Crippen molar-refractivity contribution in [3.05, 3.63) is 175 Å².